The molecule has 0 fully saturated rings. The van der Waals surface area contributed by atoms with Crippen molar-refractivity contribution >= 4 is 34.9 Å². The molecule has 0 saturated carbocycles. The first kappa shape index (κ1) is 15.9. The van der Waals surface area contributed by atoms with Gasteiger partial charge >= 0.3 is 5.97 Å². The molecule has 0 saturated heterocycles. The number of benzene rings is 1. The zero-order valence-corrected chi connectivity index (χ0v) is 12.5. The van der Waals surface area contributed by atoms with E-state index in [-0.39, 0.29) is 0 Å². The quantitative estimate of drug-likeness (QED) is 0.804. The van der Waals surface area contributed by atoms with Gasteiger partial charge in [0, 0.05) is 18.1 Å². The Morgan fingerprint density at radius 3 is 2.63 bits per heavy atom. The molecule has 1 unspecified atom stereocenters. The predicted molar refractivity (Wildman–Crippen MR) is 80.3 cm³/mol. The van der Waals surface area contributed by atoms with Gasteiger partial charge in [0.05, 0.1) is 16.6 Å². The standard InChI is InChI=1S/C14H17Cl2NO2/c1-9(2)7-17(8-10(3)14(18)19)13-6-11(15)4-5-12(13)16/h4-6,10H,1,7-8H2,2-3H3,(H,18,19). The van der Waals surface area contributed by atoms with Crippen LogP contribution in [0.5, 0.6) is 0 Å². The summed E-state index contributed by atoms with van der Waals surface area (Å²) < 4.78 is 0. The number of halogens is 2. The van der Waals surface area contributed by atoms with Crippen LogP contribution in [0.3, 0.4) is 0 Å². The maximum atomic E-state index is 11.0. The van der Waals surface area contributed by atoms with Gasteiger partial charge in [0.1, 0.15) is 0 Å². The molecule has 0 aliphatic heterocycles. The van der Waals surface area contributed by atoms with Gasteiger partial charge in [-0.3, -0.25) is 4.79 Å². The lowest BCUT2D eigenvalue weighted by atomic mass is 10.1. The molecule has 0 bridgehead atoms. The van der Waals surface area contributed by atoms with Gasteiger partial charge in [-0.2, -0.15) is 0 Å². The maximum absolute atomic E-state index is 11.0. The van der Waals surface area contributed by atoms with E-state index >= 15 is 0 Å². The highest BCUT2D eigenvalue weighted by Gasteiger charge is 2.18. The molecule has 19 heavy (non-hydrogen) atoms. The highest BCUT2D eigenvalue weighted by molar-refractivity contribution is 6.35. The molecule has 5 heteroatoms. The molecule has 0 aliphatic rings. The van der Waals surface area contributed by atoms with E-state index in [1.807, 2.05) is 11.8 Å². The molecule has 0 aromatic heterocycles. The molecule has 0 aliphatic carbocycles. The zero-order valence-electron chi connectivity index (χ0n) is 11.0. The van der Waals surface area contributed by atoms with Crippen LogP contribution in [-0.2, 0) is 4.79 Å². The summed E-state index contributed by atoms with van der Waals surface area (Å²) in [4.78, 5) is 12.9. The molecule has 3 nitrogen and oxygen atoms in total. The van der Waals surface area contributed by atoms with Crippen molar-refractivity contribution in [3.8, 4) is 0 Å². The molecule has 0 amide bonds. The van der Waals surface area contributed by atoms with Gasteiger partial charge in [-0.1, -0.05) is 42.3 Å². The largest absolute Gasteiger partial charge is 0.481 e. The minimum Gasteiger partial charge on any atom is -0.481 e. The Balaban J connectivity index is 3.05. The normalized spacial score (nSPS) is 12.0. The Morgan fingerprint density at radius 1 is 1.47 bits per heavy atom. The van der Waals surface area contributed by atoms with Crippen LogP contribution in [0.2, 0.25) is 10.0 Å². The first-order chi connectivity index (χ1) is 8.81. The fourth-order valence-electron chi connectivity index (χ4n) is 1.71. The lowest BCUT2D eigenvalue weighted by molar-refractivity contribution is -0.140. The van der Waals surface area contributed by atoms with E-state index in [1.165, 1.54) is 0 Å². The number of carboxylic acids is 1. The van der Waals surface area contributed by atoms with Gasteiger partial charge in [0.15, 0.2) is 0 Å². The third-order valence-electron chi connectivity index (χ3n) is 2.63. The molecule has 0 heterocycles. The van der Waals surface area contributed by atoms with Crippen molar-refractivity contribution in [2.24, 2.45) is 5.92 Å². The third kappa shape index (κ3) is 4.77. The number of carboxylic acid groups (broad SMARTS) is 1. The summed E-state index contributed by atoms with van der Waals surface area (Å²) in [5.41, 5.74) is 1.65. The summed E-state index contributed by atoms with van der Waals surface area (Å²) >= 11 is 12.1. The first-order valence-corrected chi connectivity index (χ1v) is 6.64. The third-order valence-corrected chi connectivity index (χ3v) is 3.18. The van der Waals surface area contributed by atoms with E-state index < -0.39 is 11.9 Å². The zero-order chi connectivity index (χ0) is 14.6. The second kappa shape index (κ2) is 6.83. The van der Waals surface area contributed by atoms with Gasteiger partial charge in [0.2, 0.25) is 0 Å². The van der Waals surface area contributed by atoms with Crippen molar-refractivity contribution in [3.05, 3.63) is 40.4 Å². The molecule has 0 radical (unpaired) electrons. The van der Waals surface area contributed by atoms with Crippen LogP contribution in [-0.4, -0.2) is 24.2 Å². The Bertz CT molecular complexity index is 488. The molecule has 1 aromatic carbocycles. The number of aliphatic carboxylic acids is 1. The Morgan fingerprint density at radius 2 is 2.11 bits per heavy atom. The van der Waals surface area contributed by atoms with E-state index in [2.05, 4.69) is 6.58 Å². The number of hydrogen-bond acceptors (Lipinski definition) is 2. The fraction of sp³-hybridized carbons (Fsp3) is 0.357. The van der Waals surface area contributed by atoms with Crippen LogP contribution in [0.4, 0.5) is 5.69 Å². The van der Waals surface area contributed by atoms with E-state index in [0.29, 0.717) is 23.1 Å². The van der Waals surface area contributed by atoms with Gasteiger partial charge < -0.3 is 10.0 Å². The fourth-order valence-corrected chi connectivity index (χ4v) is 2.11. The van der Waals surface area contributed by atoms with Crippen LogP contribution < -0.4 is 4.90 Å². The minimum atomic E-state index is -0.843. The van der Waals surface area contributed by atoms with Crippen LogP contribution in [0, 0.1) is 5.92 Å². The van der Waals surface area contributed by atoms with Gasteiger partial charge in [-0.25, -0.2) is 0 Å². The number of carbonyl (C=O) groups is 1. The van der Waals surface area contributed by atoms with Gasteiger partial charge in [0.25, 0.3) is 0 Å². The smallest absolute Gasteiger partial charge is 0.308 e. The van der Waals surface area contributed by atoms with Crippen molar-refractivity contribution in [3.63, 3.8) is 0 Å². The summed E-state index contributed by atoms with van der Waals surface area (Å²) in [6, 6.07) is 5.14. The maximum Gasteiger partial charge on any atom is 0.308 e. The van der Waals surface area contributed by atoms with Gasteiger partial charge in [-0.05, 0) is 25.1 Å². The molecular formula is C14H17Cl2NO2. The Hall–Kier alpha value is -1.19. The summed E-state index contributed by atoms with van der Waals surface area (Å²) in [7, 11) is 0. The monoisotopic (exact) mass is 301 g/mol. The first-order valence-electron chi connectivity index (χ1n) is 5.88. The van der Waals surface area contributed by atoms with Gasteiger partial charge in [-0.15, -0.1) is 0 Å². The average Bonchev–Trinajstić information content (AvgIpc) is 2.30. The van der Waals surface area contributed by atoms with E-state index in [4.69, 9.17) is 28.3 Å². The molecule has 1 N–H and O–H groups in total. The molecule has 1 atom stereocenters. The number of nitrogens with zero attached hydrogens (tertiary/aromatic N) is 1. The molecule has 104 valence electrons. The van der Waals surface area contributed by atoms with E-state index in [0.717, 1.165) is 11.3 Å². The van der Waals surface area contributed by atoms with E-state index in [9.17, 15) is 4.79 Å². The summed E-state index contributed by atoms with van der Waals surface area (Å²) in [5, 5.41) is 10.1. The van der Waals surface area contributed by atoms with Crippen LogP contribution >= 0.6 is 23.2 Å². The van der Waals surface area contributed by atoms with Crippen LogP contribution in [0.1, 0.15) is 13.8 Å². The lowest BCUT2D eigenvalue weighted by Crippen LogP contribution is -2.33. The summed E-state index contributed by atoms with van der Waals surface area (Å²) in [5.74, 6) is -1.35. The predicted octanol–water partition coefficient (Wildman–Crippen LogP) is 4.10. The Kier molecular flexibility index (Phi) is 5.70. The Labute approximate surface area is 123 Å². The molecule has 1 rings (SSSR count). The summed E-state index contributed by atoms with van der Waals surface area (Å²) in [6.45, 7) is 8.29. The highest BCUT2D eigenvalue weighted by atomic mass is 35.5. The molecule has 1 aromatic rings. The van der Waals surface area contributed by atoms with Crippen molar-refractivity contribution in [1.29, 1.82) is 0 Å². The number of rotatable bonds is 6. The van der Waals surface area contributed by atoms with Crippen LogP contribution in [0.25, 0.3) is 0 Å². The van der Waals surface area contributed by atoms with E-state index in [1.54, 1.807) is 25.1 Å². The SMILES string of the molecule is C=C(C)CN(CC(C)C(=O)O)c1cc(Cl)ccc1Cl. The lowest BCUT2D eigenvalue weighted by Gasteiger charge is -2.27. The summed E-state index contributed by atoms with van der Waals surface area (Å²) in [6.07, 6.45) is 0. The molecular weight excluding hydrogens is 285 g/mol. The average molecular weight is 302 g/mol. The van der Waals surface area contributed by atoms with Crippen LogP contribution in [0.15, 0.2) is 30.4 Å². The van der Waals surface area contributed by atoms with Crippen molar-refractivity contribution in [2.75, 3.05) is 18.0 Å². The number of anilines is 1. The minimum absolute atomic E-state index is 0.349. The molecule has 0 spiro atoms. The highest BCUT2D eigenvalue weighted by Crippen LogP contribution is 2.30. The second-order valence-corrected chi connectivity index (χ2v) is 5.52. The topological polar surface area (TPSA) is 40.5 Å². The van der Waals surface area contributed by atoms with Crippen molar-refractivity contribution in [1.82, 2.24) is 0 Å². The van der Waals surface area contributed by atoms with Crippen molar-refractivity contribution < 1.29 is 9.90 Å². The second-order valence-electron chi connectivity index (χ2n) is 4.67. The number of hydrogen-bond donors (Lipinski definition) is 1. The van der Waals surface area contributed by atoms with Crippen molar-refractivity contribution in [2.45, 2.75) is 13.8 Å².